The van der Waals surface area contributed by atoms with Gasteiger partial charge in [-0.05, 0) is 64.4 Å². The average molecular weight is 389 g/mol. The predicted octanol–water partition coefficient (Wildman–Crippen LogP) is 3.72. The molecule has 0 spiro atoms. The molecule has 1 heterocycles. The molecule has 6 nitrogen and oxygen atoms in total. The first-order chi connectivity index (χ1) is 13.0. The number of ether oxygens (including phenoxy) is 2. The second-order valence-corrected chi connectivity index (χ2v) is 9.24. The maximum atomic E-state index is 12.8. The molecule has 28 heavy (non-hydrogen) atoms. The number of methoxy groups -OCH3 is 1. The Labute approximate surface area is 167 Å². The van der Waals surface area contributed by atoms with E-state index in [2.05, 4.69) is 23.8 Å². The average Bonchev–Trinajstić information content (AvgIpc) is 2.56. The van der Waals surface area contributed by atoms with Crippen LogP contribution >= 0.6 is 0 Å². The molecular formula is C22H32N2O4. The van der Waals surface area contributed by atoms with Crippen LogP contribution in [0.4, 0.5) is 4.79 Å². The monoisotopic (exact) mass is 388 g/mol. The summed E-state index contributed by atoms with van der Waals surface area (Å²) in [5.74, 6) is 0.822. The molecule has 0 saturated heterocycles. The minimum Gasteiger partial charge on any atom is -0.481 e. The van der Waals surface area contributed by atoms with Gasteiger partial charge < -0.3 is 19.9 Å². The number of hydrogen-bond donors (Lipinski definition) is 2. The molecule has 3 rings (SSSR count). The fraction of sp³-hybridized carbons (Fsp3) is 0.636. The molecule has 4 atom stereocenters. The van der Waals surface area contributed by atoms with Gasteiger partial charge in [0.25, 0.3) is 0 Å². The van der Waals surface area contributed by atoms with Gasteiger partial charge in [-0.3, -0.25) is 0 Å². The van der Waals surface area contributed by atoms with Crippen molar-refractivity contribution < 1.29 is 19.4 Å². The Hall–Kier alpha value is -2.08. The highest BCUT2D eigenvalue weighted by atomic mass is 16.6. The molecular weight excluding hydrogens is 356 g/mol. The van der Waals surface area contributed by atoms with Gasteiger partial charge in [0, 0.05) is 11.6 Å². The molecule has 0 unspecified atom stereocenters. The highest BCUT2D eigenvalue weighted by molar-refractivity contribution is 5.70. The lowest BCUT2D eigenvalue weighted by molar-refractivity contribution is -0.144. The minimum absolute atomic E-state index is 0.0451. The third kappa shape index (κ3) is 3.39. The summed E-state index contributed by atoms with van der Waals surface area (Å²) in [6, 6.07) is 3.70. The van der Waals surface area contributed by atoms with Crippen LogP contribution in [-0.2, 0) is 16.7 Å². The van der Waals surface area contributed by atoms with Crippen LogP contribution in [0.3, 0.4) is 0 Å². The van der Waals surface area contributed by atoms with Gasteiger partial charge in [0.2, 0.25) is 5.88 Å². The van der Waals surface area contributed by atoms with Crippen LogP contribution in [0.25, 0.3) is 0 Å². The lowest BCUT2D eigenvalue weighted by Gasteiger charge is -2.59. The Morgan fingerprint density at radius 2 is 2.18 bits per heavy atom. The third-order valence-electron chi connectivity index (χ3n) is 5.98. The summed E-state index contributed by atoms with van der Waals surface area (Å²) < 4.78 is 10.9. The van der Waals surface area contributed by atoms with E-state index >= 15 is 0 Å². The molecule has 2 aliphatic rings. The van der Waals surface area contributed by atoms with Crippen molar-refractivity contribution in [3.05, 3.63) is 36.0 Å². The van der Waals surface area contributed by atoms with E-state index in [9.17, 15) is 9.90 Å². The Kier molecular flexibility index (Phi) is 5.21. The number of carbonyl (C=O) groups is 1. The lowest BCUT2D eigenvalue weighted by atomic mass is 9.52. The zero-order chi connectivity index (χ0) is 20.7. The molecule has 1 amide bonds. The molecule has 0 aromatic carbocycles. The molecule has 1 saturated carbocycles. The van der Waals surface area contributed by atoms with Gasteiger partial charge in [0.1, 0.15) is 5.60 Å². The summed E-state index contributed by atoms with van der Waals surface area (Å²) in [7, 11) is 1.59. The first-order valence-corrected chi connectivity index (χ1v) is 9.93. The highest BCUT2D eigenvalue weighted by Crippen LogP contribution is 2.56. The topological polar surface area (TPSA) is 80.7 Å². The SMILES string of the molecule is C=CC[C@]1(O)[C@@H]2Cc3nc(OC)ccc3[C@@]1(NC(=O)OC(C)(C)C)C[C@H](C)C2. The van der Waals surface area contributed by atoms with Gasteiger partial charge >= 0.3 is 6.09 Å². The first kappa shape index (κ1) is 20.6. The number of amides is 1. The number of nitrogens with one attached hydrogen (secondary N) is 1. The zero-order valence-corrected chi connectivity index (χ0v) is 17.5. The number of aliphatic hydroxyl groups is 1. The molecule has 6 heteroatoms. The van der Waals surface area contributed by atoms with Crippen LogP contribution < -0.4 is 10.1 Å². The van der Waals surface area contributed by atoms with E-state index in [0.29, 0.717) is 31.1 Å². The van der Waals surface area contributed by atoms with E-state index in [1.807, 2.05) is 26.8 Å². The van der Waals surface area contributed by atoms with Crippen LogP contribution in [0.5, 0.6) is 5.88 Å². The van der Waals surface area contributed by atoms with Crippen LogP contribution in [0.15, 0.2) is 24.8 Å². The fourth-order valence-electron chi connectivity index (χ4n) is 5.05. The number of pyridine rings is 1. The number of carbonyl (C=O) groups excluding carboxylic acids is 1. The van der Waals surface area contributed by atoms with Gasteiger partial charge in [0.05, 0.1) is 23.9 Å². The van der Waals surface area contributed by atoms with Crippen molar-refractivity contribution >= 4 is 6.09 Å². The standard InChI is InChI=1S/C22H32N2O4/c1-7-10-22(26)15-11-14(2)13-21(22,24-19(25)28-20(3,4)5)16-8-9-18(27-6)23-17(16)12-15/h7-9,14-15,26H,1,10-13H2,2-6H3,(H,24,25)/t14-,15+,21+,22+/m1/s1. The zero-order valence-electron chi connectivity index (χ0n) is 17.5. The summed E-state index contributed by atoms with van der Waals surface area (Å²) in [6.45, 7) is 11.5. The van der Waals surface area contributed by atoms with Gasteiger partial charge in [-0.15, -0.1) is 6.58 Å². The van der Waals surface area contributed by atoms with E-state index in [-0.39, 0.29) is 5.92 Å². The van der Waals surface area contributed by atoms with E-state index in [1.165, 1.54) is 0 Å². The van der Waals surface area contributed by atoms with Crippen molar-refractivity contribution in [2.75, 3.05) is 7.11 Å². The number of hydrogen-bond acceptors (Lipinski definition) is 5. The summed E-state index contributed by atoms with van der Waals surface area (Å²) in [6.07, 6.45) is 3.68. The molecule has 1 fully saturated rings. The number of rotatable bonds is 4. The Morgan fingerprint density at radius 3 is 2.79 bits per heavy atom. The van der Waals surface area contributed by atoms with E-state index < -0.39 is 22.8 Å². The van der Waals surface area contributed by atoms with Crippen molar-refractivity contribution in [1.82, 2.24) is 10.3 Å². The van der Waals surface area contributed by atoms with Crippen LogP contribution in [-0.4, -0.2) is 34.5 Å². The lowest BCUT2D eigenvalue weighted by Crippen LogP contribution is -2.70. The Balaban J connectivity index is 2.15. The fourth-order valence-corrected chi connectivity index (χ4v) is 5.05. The number of alkyl carbamates (subject to hydrolysis) is 1. The Morgan fingerprint density at radius 1 is 1.46 bits per heavy atom. The molecule has 2 N–H and O–H groups in total. The van der Waals surface area contributed by atoms with E-state index in [0.717, 1.165) is 17.7 Å². The predicted molar refractivity (Wildman–Crippen MR) is 107 cm³/mol. The van der Waals surface area contributed by atoms with Crippen LogP contribution in [0.1, 0.15) is 58.2 Å². The Bertz CT molecular complexity index is 772. The maximum Gasteiger partial charge on any atom is 0.408 e. The molecule has 2 aliphatic carbocycles. The molecule has 2 bridgehead atoms. The van der Waals surface area contributed by atoms with Gasteiger partial charge in [-0.25, -0.2) is 9.78 Å². The van der Waals surface area contributed by atoms with Crippen LogP contribution in [0, 0.1) is 11.8 Å². The van der Waals surface area contributed by atoms with Crippen molar-refractivity contribution in [2.45, 2.75) is 70.1 Å². The molecule has 154 valence electrons. The summed E-state index contributed by atoms with van der Waals surface area (Å²) in [5.41, 5.74) is -1.07. The maximum absolute atomic E-state index is 12.8. The van der Waals surface area contributed by atoms with Crippen LogP contribution in [0.2, 0.25) is 0 Å². The normalized spacial score (nSPS) is 31.5. The molecule has 0 aliphatic heterocycles. The van der Waals surface area contributed by atoms with Gasteiger partial charge in [0.15, 0.2) is 0 Å². The number of nitrogens with zero attached hydrogens (tertiary/aromatic N) is 1. The summed E-state index contributed by atoms with van der Waals surface area (Å²) in [5, 5.41) is 15.0. The molecule has 1 aromatic rings. The van der Waals surface area contributed by atoms with Crippen molar-refractivity contribution in [3.63, 3.8) is 0 Å². The second-order valence-electron chi connectivity index (χ2n) is 9.24. The second kappa shape index (κ2) is 7.07. The third-order valence-corrected chi connectivity index (χ3v) is 5.98. The first-order valence-electron chi connectivity index (χ1n) is 9.93. The van der Waals surface area contributed by atoms with E-state index in [1.54, 1.807) is 19.3 Å². The van der Waals surface area contributed by atoms with Crippen molar-refractivity contribution in [3.8, 4) is 5.88 Å². The highest BCUT2D eigenvalue weighted by Gasteiger charge is 2.63. The summed E-state index contributed by atoms with van der Waals surface area (Å²) in [4.78, 5) is 17.5. The number of fused-ring (bicyclic) bond motifs is 4. The number of aromatic nitrogens is 1. The van der Waals surface area contributed by atoms with Gasteiger partial charge in [-0.2, -0.15) is 0 Å². The molecule has 1 aromatic heterocycles. The quantitative estimate of drug-likeness (QED) is 0.769. The smallest absolute Gasteiger partial charge is 0.408 e. The van der Waals surface area contributed by atoms with Gasteiger partial charge in [-0.1, -0.05) is 13.0 Å². The summed E-state index contributed by atoms with van der Waals surface area (Å²) >= 11 is 0. The van der Waals surface area contributed by atoms with Crippen molar-refractivity contribution in [2.24, 2.45) is 11.8 Å². The van der Waals surface area contributed by atoms with E-state index in [4.69, 9.17) is 9.47 Å². The molecule has 0 radical (unpaired) electrons. The minimum atomic E-state index is -1.15. The van der Waals surface area contributed by atoms with Crippen molar-refractivity contribution in [1.29, 1.82) is 0 Å². The largest absolute Gasteiger partial charge is 0.481 e.